The van der Waals surface area contributed by atoms with Crippen LogP contribution in [0, 0.1) is 5.82 Å². The molecule has 1 atom stereocenters. The van der Waals surface area contributed by atoms with Gasteiger partial charge in [0.15, 0.2) is 0 Å². The lowest BCUT2D eigenvalue weighted by Gasteiger charge is -2.17. The summed E-state index contributed by atoms with van der Waals surface area (Å²) in [6, 6.07) is 10.7. The molecule has 2 rings (SSSR count). The number of benzene rings is 2. The van der Waals surface area contributed by atoms with Gasteiger partial charge in [-0.1, -0.05) is 30.3 Å². The molecule has 0 aromatic heterocycles. The second kappa shape index (κ2) is 5.63. The van der Waals surface area contributed by atoms with Gasteiger partial charge in [0.1, 0.15) is 5.82 Å². The minimum absolute atomic E-state index is 0.00657. The Kier molecular flexibility index (Phi) is 4.09. The fraction of sp³-hybridized carbons (Fsp3) is 0.200. The van der Waals surface area contributed by atoms with Crippen molar-refractivity contribution in [3.05, 3.63) is 71.0 Å². The van der Waals surface area contributed by atoms with E-state index in [-0.39, 0.29) is 6.42 Å². The number of hydrogen-bond donors (Lipinski definition) is 1. The van der Waals surface area contributed by atoms with E-state index in [1.807, 2.05) is 0 Å². The molecule has 0 aliphatic heterocycles. The molecule has 0 radical (unpaired) electrons. The van der Waals surface area contributed by atoms with Gasteiger partial charge >= 0.3 is 6.18 Å². The van der Waals surface area contributed by atoms with E-state index in [0.29, 0.717) is 11.6 Å². The first kappa shape index (κ1) is 14.5. The molecule has 0 fully saturated rings. The van der Waals surface area contributed by atoms with Crippen LogP contribution in [0.5, 0.6) is 0 Å². The molecule has 0 aliphatic carbocycles. The predicted octanol–water partition coefficient (Wildman–Crippen LogP) is 4.12. The topological polar surface area (TPSA) is 20.2 Å². The van der Waals surface area contributed by atoms with Crippen molar-refractivity contribution in [3.63, 3.8) is 0 Å². The molecule has 0 aliphatic rings. The molecule has 0 saturated carbocycles. The average molecular weight is 284 g/mol. The van der Waals surface area contributed by atoms with Crippen LogP contribution >= 0.6 is 0 Å². The summed E-state index contributed by atoms with van der Waals surface area (Å²) in [6.07, 6.45) is -6.04. The van der Waals surface area contributed by atoms with Crippen molar-refractivity contribution in [2.75, 3.05) is 0 Å². The third-order valence-corrected chi connectivity index (χ3v) is 2.95. The van der Waals surface area contributed by atoms with Crippen LogP contribution in [0.15, 0.2) is 48.5 Å². The lowest BCUT2D eigenvalue weighted by Crippen LogP contribution is -2.13. The maximum atomic E-state index is 13.2. The van der Waals surface area contributed by atoms with Gasteiger partial charge in [-0.25, -0.2) is 4.39 Å². The minimum Gasteiger partial charge on any atom is -0.388 e. The van der Waals surface area contributed by atoms with E-state index in [0.717, 1.165) is 12.1 Å². The van der Waals surface area contributed by atoms with Gasteiger partial charge in [-0.15, -0.1) is 0 Å². The van der Waals surface area contributed by atoms with Crippen LogP contribution in [0.3, 0.4) is 0 Å². The lowest BCUT2D eigenvalue weighted by molar-refractivity contribution is -0.139. The van der Waals surface area contributed by atoms with E-state index in [1.165, 1.54) is 0 Å². The second-order valence-electron chi connectivity index (χ2n) is 4.43. The molecule has 5 heteroatoms. The van der Waals surface area contributed by atoms with Crippen LogP contribution in [0.2, 0.25) is 0 Å². The standard InChI is InChI=1S/C15H12F4O/c16-11-6-7-13(15(17,18)19)12(9-11)14(20)8-10-4-2-1-3-5-10/h1-7,9,14,20H,8H2. The quantitative estimate of drug-likeness (QED) is 0.841. The minimum atomic E-state index is -4.62. The van der Waals surface area contributed by atoms with E-state index < -0.39 is 29.2 Å². The average Bonchev–Trinajstić information content (AvgIpc) is 2.38. The largest absolute Gasteiger partial charge is 0.416 e. The molecular formula is C15H12F4O. The molecular weight excluding hydrogens is 272 g/mol. The van der Waals surface area contributed by atoms with Crippen LogP contribution in [0.4, 0.5) is 17.6 Å². The van der Waals surface area contributed by atoms with Gasteiger partial charge in [-0.2, -0.15) is 13.2 Å². The fourth-order valence-electron chi connectivity index (χ4n) is 2.01. The third kappa shape index (κ3) is 3.36. The van der Waals surface area contributed by atoms with Gasteiger partial charge in [0.2, 0.25) is 0 Å². The van der Waals surface area contributed by atoms with E-state index in [1.54, 1.807) is 30.3 Å². The summed E-state index contributed by atoms with van der Waals surface area (Å²) in [7, 11) is 0. The SMILES string of the molecule is OC(Cc1ccccc1)c1cc(F)ccc1C(F)(F)F. The number of rotatable bonds is 3. The predicted molar refractivity (Wildman–Crippen MR) is 66.5 cm³/mol. The van der Waals surface area contributed by atoms with E-state index in [4.69, 9.17) is 0 Å². The zero-order valence-corrected chi connectivity index (χ0v) is 10.4. The summed E-state index contributed by atoms with van der Waals surface area (Å²) >= 11 is 0. The van der Waals surface area contributed by atoms with Crippen molar-refractivity contribution in [1.82, 2.24) is 0 Å². The molecule has 20 heavy (non-hydrogen) atoms. The molecule has 1 unspecified atom stereocenters. The van der Waals surface area contributed by atoms with Gasteiger partial charge in [-0.3, -0.25) is 0 Å². The van der Waals surface area contributed by atoms with E-state index in [2.05, 4.69) is 0 Å². The Hall–Kier alpha value is -1.88. The molecule has 2 aromatic rings. The Labute approximate surface area is 113 Å². The summed E-state index contributed by atoms with van der Waals surface area (Å²) in [6.45, 7) is 0. The molecule has 2 aromatic carbocycles. The Morgan fingerprint density at radius 2 is 1.65 bits per heavy atom. The molecule has 0 bridgehead atoms. The summed E-state index contributed by atoms with van der Waals surface area (Å²) in [4.78, 5) is 0. The first-order valence-corrected chi connectivity index (χ1v) is 5.96. The highest BCUT2D eigenvalue weighted by Crippen LogP contribution is 2.35. The Morgan fingerprint density at radius 3 is 2.25 bits per heavy atom. The lowest BCUT2D eigenvalue weighted by atomic mass is 9.96. The monoisotopic (exact) mass is 284 g/mol. The number of halogens is 4. The van der Waals surface area contributed by atoms with Gasteiger partial charge < -0.3 is 5.11 Å². The highest BCUT2D eigenvalue weighted by atomic mass is 19.4. The van der Waals surface area contributed by atoms with Crippen molar-refractivity contribution < 1.29 is 22.7 Å². The fourth-order valence-corrected chi connectivity index (χ4v) is 2.01. The van der Waals surface area contributed by atoms with Crippen molar-refractivity contribution in [1.29, 1.82) is 0 Å². The zero-order valence-electron chi connectivity index (χ0n) is 10.4. The van der Waals surface area contributed by atoms with Gasteiger partial charge in [-0.05, 0) is 29.3 Å². The number of alkyl halides is 3. The first-order chi connectivity index (χ1) is 9.38. The second-order valence-corrected chi connectivity index (χ2v) is 4.43. The Bertz CT molecular complexity index is 578. The molecule has 0 spiro atoms. The van der Waals surface area contributed by atoms with Gasteiger partial charge in [0.05, 0.1) is 11.7 Å². The number of aliphatic hydroxyl groups excluding tert-OH is 1. The van der Waals surface area contributed by atoms with Crippen LogP contribution in [0.1, 0.15) is 22.8 Å². The summed E-state index contributed by atoms with van der Waals surface area (Å²) in [5, 5.41) is 9.98. The number of aliphatic hydroxyl groups is 1. The van der Waals surface area contributed by atoms with Gasteiger partial charge in [0, 0.05) is 6.42 Å². The van der Waals surface area contributed by atoms with Crippen molar-refractivity contribution in [3.8, 4) is 0 Å². The highest BCUT2D eigenvalue weighted by molar-refractivity contribution is 5.33. The molecule has 1 N–H and O–H groups in total. The van der Waals surface area contributed by atoms with Crippen molar-refractivity contribution in [2.45, 2.75) is 18.7 Å². The molecule has 0 amide bonds. The summed E-state index contributed by atoms with van der Waals surface area (Å²) < 4.78 is 51.7. The van der Waals surface area contributed by atoms with Crippen LogP contribution in [-0.2, 0) is 12.6 Å². The molecule has 1 nitrogen and oxygen atoms in total. The maximum absolute atomic E-state index is 13.2. The third-order valence-electron chi connectivity index (χ3n) is 2.95. The summed E-state index contributed by atoms with van der Waals surface area (Å²) in [5.74, 6) is -0.805. The van der Waals surface area contributed by atoms with Crippen LogP contribution in [-0.4, -0.2) is 5.11 Å². The van der Waals surface area contributed by atoms with Crippen LogP contribution in [0.25, 0.3) is 0 Å². The highest BCUT2D eigenvalue weighted by Gasteiger charge is 2.35. The van der Waals surface area contributed by atoms with Gasteiger partial charge in [0.25, 0.3) is 0 Å². The Balaban J connectivity index is 2.34. The first-order valence-electron chi connectivity index (χ1n) is 5.96. The Morgan fingerprint density at radius 1 is 1.00 bits per heavy atom. The molecule has 0 saturated heterocycles. The normalized spacial score (nSPS) is 13.2. The van der Waals surface area contributed by atoms with E-state index >= 15 is 0 Å². The zero-order chi connectivity index (χ0) is 14.8. The van der Waals surface area contributed by atoms with Crippen molar-refractivity contribution >= 4 is 0 Å². The number of hydrogen-bond acceptors (Lipinski definition) is 1. The molecule has 106 valence electrons. The van der Waals surface area contributed by atoms with E-state index in [9.17, 15) is 22.7 Å². The maximum Gasteiger partial charge on any atom is 0.416 e. The van der Waals surface area contributed by atoms with Crippen molar-refractivity contribution in [2.24, 2.45) is 0 Å². The molecule has 0 heterocycles. The smallest absolute Gasteiger partial charge is 0.388 e. The van der Waals surface area contributed by atoms with Crippen LogP contribution < -0.4 is 0 Å². The summed E-state index contributed by atoms with van der Waals surface area (Å²) in [5.41, 5.74) is -0.777.